The summed E-state index contributed by atoms with van der Waals surface area (Å²) in [4.78, 5) is 4.84. The molecule has 0 amide bonds. The molecule has 0 radical (unpaired) electrons. The van der Waals surface area contributed by atoms with Crippen LogP contribution in [0.2, 0.25) is 0 Å². The summed E-state index contributed by atoms with van der Waals surface area (Å²) < 4.78 is 0. The van der Waals surface area contributed by atoms with Gasteiger partial charge in [-0.1, -0.05) is 6.42 Å². The zero-order valence-corrected chi connectivity index (χ0v) is 9.34. The van der Waals surface area contributed by atoms with Gasteiger partial charge in [0.2, 0.25) is 0 Å². The third kappa shape index (κ3) is 1.81. The fourth-order valence-corrected chi connectivity index (χ4v) is 2.80. The first-order valence-electron chi connectivity index (χ1n) is 5.99. The molecule has 82 valence electrons. The third-order valence-corrected chi connectivity index (χ3v) is 3.85. The van der Waals surface area contributed by atoms with Gasteiger partial charge in [0.15, 0.2) is 0 Å². The highest BCUT2D eigenvalue weighted by Crippen LogP contribution is 2.28. The van der Waals surface area contributed by atoms with E-state index in [0.29, 0.717) is 0 Å². The number of nitrogens with two attached hydrogens (primary N) is 1. The maximum absolute atomic E-state index is 6.53. The van der Waals surface area contributed by atoms with Crippen LogP contribution < -0.4 is 5.73 Å². The van der Waals surface area contributed by atoms with Crippen LogP contribution in [-0.4, -0.2) is 42.3 Å². The second-order valence-corrected chi connectivity index (χ2v) is 4.80. The minimum Gasteiger partial charge on any atom is -0.301 e. The number of hydrogen-bond acceptors (Lipinski definition) is 3. The molecule has 0 bridgehead atoms. The smallest absolute Gasteiger partial charge is 0.125 e. The van der Waals surface area contributed by atoms with Crippen molar-refractivity contribution in [3.05, 3.63) is 0 Å². The molecular formula is C11H23N3. The van der Waals surface area contributed by atoms with Crippen molar-refractivity contribution in [2.45, 2.75) is 44.3 Å². The minimum absolute atomic E-state index is 0.126. The fourth-order valence-electron chi connectivity index (χ4n) is 2.80. The van der Waals surface area contributed by atoms with E-state index in [1.54, 1.807) is 0 Å². The zero-order valence-electron chi connectivity index (χ0n) is 9.34. The molecule has 0 saturated carbocycles. The summed E-state index contributed by atoms with van der Waals surface area (Å²) >= 11 is 0. The van der Waals surface area contributed by atoms with E-state index in [1.165, 1.54) is 45.2 Å². The van der Waals surface area contributed by atoms with E-state index >= 15 is 0 Å². The first kappa shape index (κ1) is 10.4. The van der Waals surface area contributed by atoms with Crippen LogP contribution in [0.1, 0.15) is 38.5 Å². The Kier molecular flexibility index (Phi) is 3.10. The summed E-state index contributed by atoms with van der Waals surface area (Å²) in [6, 6.07) is 0. The molecule has 3 nitrogen and oxygen atoms in total. The van der Waals surface area contributed by atoms with Gasteiger partial charge in [0.25, 0.3) is 0 Å². The molecule has 2 aliphatic heterocycles. The van der Waals surface area contributed by atoms with Gasteiger partial charge in [-0.3, -0.25) is 9.80 Å². The van der Waals surface area contributed by atoms with Gasteiger partial charge >= 0.3 is 0 Å². The van der Waals surface area contributed by atoms with Crippen molar-refractivity contribution in [2.24, 2.45) is 5.73 Å². The van der Waals surface area contributed by atoms with E-state index in [9.17, 15) is 0 Å². The lowest BCUT2D eigenvalue weighted by Gasteiger charge is -2.50. The standard InChI is InChI=1S/C11H23N3/c1-13-8-6-3-7-11(13,12)14-9-4-2-5-10-14/h2-10,12H2,1H3. The molecule has 2 N–H and O–H groups in total. The van der Waals surface area contributed by atoms with Gasteiger partial charge in [-0.2, -0.15) is 0 Å². The van der Waals surface area contributed by atoms with E-state index in [-0.39, 0.29) is 5.79 Å². The Morgan fingerprint density at radius 2 is 1.57 bits per heavy atom. The largest absolute Gasteiger partial charge is 0.301 e. The number of rotatable bonds is 1. The predicted molar refractivity (Wildman–Crippen MR) is 58.8 cm³/mol. The second kappa shape index (κ2) is 4.17. The van der Waals surface area contributed by atoms with Crippen LogP contribution in [0.15, 0.2) is 0 Å². The number of likely N-dealkylation sites (tertiary alicyclic amines) is 2. The monoisotopic (exact) mass is 197 g/mol. The van der Waals surface area contributed by atoms with Crippen LogP contribution in [0.3, 0.4) is 0 Å². The topological polar surface area (TPSA) is 32.5 Å². The van der Waals surface area contributed by atoms with E-state index < -0.39 is 0 Å². The number of piperidine rings is 2. The van der Waals surface area contributed by atoms with Crippen LogP contribution in [0.25, 0.3) is 0 Å². The summed E-state index contributed by atoms with van der Waals surface area (Å²) in [5.41, 5.74) is 6.53. The van der Waals surface area contributed by atoms with E-state index in [4.69, 9.17) is 5.73 Å². The molecule has 2 aliphatic rings. The normalized spacial score (nSPS) is 37.3. The molecule has 2 fully saturated rings. The van der Waals surface area contributed by atoms with Crippen molar-refractivity contribution in [2.75, 3.05) is 26.7 Å². The lowest BCUT2D eigenvalue weighted by Crippen LogP contribution is -2.68. The van der Waals surface area contributed by atoms with Gasteiger partial charge in [0.1, 0.15) is 5.79 Å². The molecule has 2 saturated heterocycles. The maximum atomic E-state index is 6.53. The summed E-state index contributed by atoms with van der Waals surface area (Å²) in [7, 11) is 2.17. The zero-order chi connectivity index (χ0) is 10.0. The van der Waals surface area contributed by atoms with Crippen LogP contribution in [0, 0.1) is 0 Å². The van der Waals surface area contributed by atoms with Gasteiger partial charge in [0, 0.05) is 19.6 Å². The van der Waals surface area contributed by atoms with Crippen molar-refractivity contribution in [3.8, 4) is 0 Å². The minimum atomic E-state index is -0.126. The lowest BCUT2D eigenvalue weighted by atomic mass is 9.99. The van der Waals surface area contributed by atoms with Crippen LogP contribution in [-0.2, 0) is 0 Å². The SMILES string of the molecule is CN1CCCCC1(N)N1CCCCC1. The number of hydrogen-bond donors (Lipinski definition) is 1. The summed E-state index contributed by atoms with van der Waals surface area (Å²) in [5.74, 6) is -0.126. The molecule has 0 aliphatic carbocycles. The molecular weight excluding hydrogens is 174 g/mol. The van der Waals surface area contributed by atoms with E-state index in [1.807, 2.05) is 0 Å². The Labute approximate surface area is 87.2 Å². The third-order valence-electron chi connectivity index (χ3n) is 3.85. The summed E-state index contributed by atoms with van der Waals surface area (Å²) in [6.45, 7) is 3.55. The number of nitrogens with zero attached hydrogens (tertiary/aromatic N) is 2. The predicted octanol–water partition coefficient (Wildman–Crippen LogP) is 1.20. The molecule has 0 aromatic rings. The highest BCUT2D eigenvalue weighted by atomic mass is 15.5. The molecule has 14 heavy (non-hydrogen) atoms. The molecule has 1 unspecified atom stereocenters. The van der Waals surface area contributed by atoms with Gasteiger partial charge in [-0.15, -0.1) is 0 Å². The Morgan fingerprint density at radius 3 is 2.21 bits per heavy atom. The first-order chi connectivity index (χ1) is 6.73. The van der Waals surface area contributed by atoms with E-state index in [0.717, 1.165) is 13.0 Å². The van der Waals surface area contributed by atoms with E-state index in [2.05, 4.69) is 16.8 Å². The quantitative estimate of drug-likeness (QED) is 0.685. The highest BCUT2D eigenvalue weighted by Gasteiger charge is 2.38. The van der Waals surface area contributed by atoms with Gasteiger partial charge < -0.3 is 5.73 Å². The van der Waals surface area contributed by atoms with Crippen molar-refractivity contribution < 1.29 is 0 Å². The van der Waals surface area contributed by atoms with Crippen LogP contribution in [0.4, 0.5) is 0 Å². The van der Waals surface area contributed by atoms with Crippen LogP contribution in [0.5, 0.6) is 0 Å². The summed E-state index contributed by atoms with van der Waals surface area (Å²) in [6.07, 6.45) is 7.78. The Hall–Kier alpha value is -0.120. The lowest BCUT2D eigenvalue weighted by molar-refractivity contribution is -0.0752. The molecule has 3 heteroatoms. The summed E-state index contributed by atoms with van der Waals surface area (Å²) in [5, 5.41) is 0. The van der Waals surface area contributed by atoms with Gasteiger partial charge in [-0.25, -0.2) is 0 Å². The molecule has 0 spiro atoms. The molecule has 2 rings (SSSR count). The molecule has 0 aromatic carbocycles. The van der Waals surface area contributed by atoms with Crippen LogP contribution >= 0.6 is 0 Å². The average Bonchev–Trinajstić information content (AvgIpc) is 2.24. The first-order valence-corrected chi connectivity index (χ1v) is 5.99. The van der Waals surface area contributed by atoms with Crippen molar-refractivity contribution in [3.63, 3.8) is 0 Å². The highest BCUT2D eigenvalue weighted by molar-refractivity contribution is 4.88. The molecule has 0 aromatic heterocycles. The van der Waals surface area contributed by atoms with Gasteiger partial charge in [-0.05, 0) is 39.2 Å². The maximum Gasteiger partial charge on any atom is 0.125 e. The Morgan fingerprint density at radius 1 is 0.929 bits per heavy atom. The molecule has 1 atom stereocenters. The average molecular weight is 197 g/mol. The Balaban J connectivity index is 2.03. The van der Waals surface area contributed by atoms with Gasteiger partial charge in [0.05, 0.1) is 0 Å². The Bertz CT molecular complexity index is 189. The van der Waals surface area contributed by atoms with Crippen molar-refractivity contribution in [1.29, 1.82) is 0 Å². The molecule has 2 heterocycles. The second-order valence-electron chi connectivity index (χ2n) is 4.80. The van der Waals surface area contributed by atoms with Crippen molar-refractivity contribution in [1.82, 2.24) is 9.80 Å². The van der Waals surface area contributed by atoms with Crippen molar-refractivity contribution >= 4 is 0 Å². The fraction of sp³-hybridized carbons (Fsp3) is 1.00.